The van der Waals surface area contributed by atoms with Crippen LogP contribution in [0.5, 0.6) is 11.5 Å². The summed E-state index contributed by atoms with van der Waals surface area (Å²) in [7, 11) is 0. The van der Waals surface area contributed by atoms with Gasteiger partial charge in [0.25, 0.3) is 11.8 Å². The average Bonchev–Trinajstić information content (AvgIpc) is 3.30. The fourth-order valence-electron chi connectivity index (χ4n) is 8.19. The van der Waals surface area contributed by atoms with Gasteiger partial charge in [-0.05, 0) is 118 Å². The fourth-order valence-corrected chi connectivity index (χ4v) is 8.52. The average molecular weight is 872 g/mol. The van der Waals surface area contributed by atoms with Gasteiger partial charge in [0, 0.05) is 30.1 Å². The zero-order chi connectivity index (χ0) is 43.6. The zero-order valence-corrected chi connectivity index (χ0v) is 35.6. The van der Waals surface area contributed by atoms with Crippen LogP contribution in [0.25, 0.3) is 21.9 Å². The molecule has 0 bridgehead atoms. The molecule has 0 aliphatic carbocycles. The maximum absolute atomic E-state index is 14.5. The maximum atomic E-state index is 14.5. The van der Waals surface area contributed by atoms with Crippen LogP contribution in [0.1, 0.15) is 56.8 Å². The molecule has 0 saturated carbocycles. The van der Waals surface area contributed by atoms with Crippen LogP contribution in [0.3, 0.4) is 0 Å². The molecule has 3 amide bonds. The Bertz CT molecular complexity index is 2930. The molecule has 63 heavy (non-hydrogen) atoms. The van der Waals surface area contributed by atoms with E-state index in [1.807, 2.05) is 97.9 Å². The first-order valence-corrected chi connectivity index (χ1v) is 21.3. The minimum atomic E-state index is -0.925. The molecule has 0 fully saturated rings. The van der Waals surface area contributed by atoms with Crippen LogP contribution in [0.4, 0.5) is 5.69 Å². The second-order valence-electron chi connectivity index (χ2n) is 15.9. The van der Waals surface area contributed by atoms with Gasteiger partial charge in [0.1, 0.15) is 24.1 Å². The highest BCUT2D eigenvalue weighted by atomic mass is 35.5. The smallest absolute Gasteiger partial charge is 0.270 e. The second kappa shape index (κ2) is 17.7. The number of nitrogens with zero attached hydrogens (tertiary/aromatic N) is 2. The van der Waals surface area contributed by atoms with Gasteiger partial charge < -0.3 is 25.0 Å². The molecule has 11 heteroatoms. The third kappa shape index (κ3) is 8.96. The number of hydrogen-bond donors (Lipinski definition) is 2. The van der Waals surface area contributed by atoms with Crippen LogP contribution in [0, 0.1) is 11.3 Å². The minimum absolute atomic E-state index is 0.157. The SMILES string of the molecule is C[C@@H](Cc1ccc(-c2ccc(C#N)cc2)cc1)NC(=O)C1Cc2cc3c(cc2CN1C(=O)c1ccc2ccccc2c1)O[C@@H](c1ccc(OCc2ccc(Cl)c(Cl)c2)cc1)C(=O)N3. The van der Waals surface area contributed by atoms with Gasteiger partial charge >= 0.3 is 0 Å². The first kappa shape index (κ1) is 41.2. The Kier molecular flexibility index (Phi) is 11.6. The Hall–Kier alpha value is -7.12. The highest BCUT2D eigenvalue weighted by Crippen LogP contribution is 2.40. The van der Waals surface area contributed by atoms with Crippen LogP contribution >= 0.6 is 23.2 Å². The number of halogens is 2. The van der Waals surface area contributed by atoms with Crippen molar-refractivity contribution in [2.45, 2.75) is 51.1 Å². The van der Waals surface area contributed by atoms with Gasteiger partial charge in [0.2, 0.25) is 12.0 Å². The zero-order valence-electron chi connectivity index (χ0n) is 34.1. The number of nitrogens with one attached hydrogen (secondary N) is 2. The van der Waals surface area contributed by atoms with Crippen molar-refractivity contribution in [3.8, 4) is 28.7 Å². The lowest BCUT2D eigenvalue weighted by molar-refractivity contribution is -0.127. The van der Waals surface area contributed by atoms with Crippen molar-refractivity contribution in [1.82, 2.24) is 10.2 Å². The molecule has 2 N–H and O–H groups in total. The van der Waals surface area contributed by atoms with Crippen molar-refractivity contribution >= 4 is 57.4 Å². The molecule has 2 aliphatic rings. The van der Waals surface area contributed by atoms with E-state index in [1.54, 1.807) is 59.5 Å². The summed E-state index contributed by atoms with van der Waals surface area (Å²) in [6.45, 7) is 2.40. The van der Waals surface area contributed by atoms with E-state index in [9.17, 15) is 14.4 Å². The first-order valence-electron chi connectivity index (χ1n) is 20.6. The predicted molar refractivity (Wildman–Crippen MR) is 245 cm³/mol. The Morgan fingerprint density at radius 3 is 2.27 bits per heavy atom. The number of benzene rings is 7. The number of amides is 3. The van der Waals surface area contributed by atoms with Gasteiger partial charge in [0.15, 0.2) is 0 Å². The summed E-state index contributed by atoms with van der Waals surface area (Å²) in [6, 6.07) is 46.3. The number of carbonyl (C=O) groups excluding carboxylic acids is 3. The molecular weight excluding hydrogens is 832 g/mol. The third-order valence-electron chi connectivity index (χ3n) is 11.5. The maximum Gasteiger partial charge on any atom is 0.270 e. The van der Waals surface area contributed by atoms with Gasteiger partial charge in [-0.15, -0.1) is 0 Å². The van der Waals surface area contributed by atoms with E-state index in [1.165, 1.54) is 0 Å². The highest BCUT2D eigenvalue weighted by molar-refractivity contribution is 6.42. The van der Waals surface area contributed by atoms with Crippen molar-refractivity contribution < 1.29 is 23.9 Å². The molecule has 7 aromatic rings. The lowest BCUT2D eigenvalue weighted by Gasteiger charge is -2.38. The molecule has 2 aliphatic heterocycles. The summed E-state index contributed by atoms with van der Waals surface area (Å²) in [5, 5.41) is 18.2. The molecule has 0 saturated heterocycles. The third-order valence-corrected chi connectivity index (χ3v) is 12.3. The number of fused-ring (bicyclic) bond motifs is 3. The van der Waals surface area contributed by atoms with Crippen LogP contribution in [0.15, 0.2) is 146 Å². The minimum Gasteiger partial charge on any atom is -0.489 e. The summed E-state index contributed by atoms with van der Waals surface area (Å²) >= 11 is 12.2. The molecule has 0 aromatic heterocycles. The number of rotatable bonds is 10. The van der Waals surface area contributed by atoms with E-state index in [-0.39, 0.29) is 43.3 Å². The molecule has 0 spiro atoms. The van der Waals surface area contributed by atoms with Crippen molar-refractivity contribution in [2.75, 3.05) is 5.32 Å². The van der Waals surface area contributed by atoms with Gasteiger partial charge in [-0.3, -0.25) is 14.4 Å². The lowest BCUT2D eigenvalue weighted by Crippen LogP contribution is -2.54. The molecule has 9 rings (SSSR count). The van der Waals surface area contributed by atoms with E-state index in [2.05, 4.69) is 16.7 Å². The number of hydrogen-bond acceptors (Lipinski definition) is 6. The van der Waals surface area contributed by atoms with E-state index in [4.69, 9.17) is 37.9 Å². The molecule has 7 aromatic carbocycles. The van der Waals surface area contributed by atoms with Crippen molar-refractivity contribution in [3.05, 3.63) is 195 Å². The lowest BCUT2D eigenvalue weighted by atomic mass is 9.91. The van der Waals surface area contributed by atoms with Crippen molar-refractivity contribution in [3.63, 3.8) is 0 Å². The van der Waals surface area contributed by atoms with E-state index < -0.39 is 12.1 Å². The Labute approximate surface area is 374 Å². The van der Waals surface area contributed by atoms with E-state index in [0.717, 1.165) is 44.2 Å². The van der Waals surface area contributed by atoms with Crippen molar-refractivity contribution in [2.24, 2.45) is 0 Å². The Balaban J connectivity index is 0.928. The normalized spacial score (nSPS) is 15.8. The van der Waals surface area contributed by atoms with E-state index in [0.29, 0.717) is 50.3 Å². The van der Waals surface area contributed by atoms with E-state index >= 15 is 0 Å². The predicted octanol–water partition coefficient (Wildman–Crippen LogP) is 10.7. The van der Waals surface area contributed by atoms with Crippen LogP contribution < -0.4 is 20.1 Å². The molecule has 1 unspecified atom stereocenters. The quantitative estimate of drug-likeness (QED) is 0.141. The largest absolute Gasteiger partial charge is 0.489 e. The topological polar surface area (TPSA) is 121 Å². The standard InChI is InChI=1S/C52H40Cl2N4O5/c1-31(22-32-6-11-36(12-7-32)37-13-8-33(28-55)9-14-37)56-50(59)47-26-41-25-46-48(27-42(41)29-58(47)52(61)40-16-15-35-4-2-3-5-39(35)24-40)63-49(51(60)57-46)38-17-19-43(20-18-38)62-30-34-10-21-44(53)45(54)23-34/h2-21,23-25,27,31,47,49H,22,26,29-30H2,1H3,(H,56,59)(H,57,60)/t31-,47?,49-/m0/s1. The summed E-state index contributed by atoms with van der Waals surface area (Å²) < 4.78 is 12.3. The molecule has 3 atom stereocenters. The monoisotopic (exact) mass is 870 g/mol. The van der Waals surface area contributed by atoms with Gasteiger partial charge in [-0.1, -0.05) is 108 Å². The summed E-state index contributed by atoms with van der Waals surface area (Å²) in [4.78, 5) is 44.0. The van der Waals surface area contributed by atoms with Crippen LogP contribution in [-0.4, -0.2) is 34.7 Å². The van der Waals surface area contributed by atoms with Crippen molar-refractivity contribution in [1.29, 1.82) is 5.26 Å². The highest BCUT2D eigenvalue weighted by Gasteiger charge is 2.38. The second-order valence-corrected chi connectivity index (χ2v) is 16.7. The van der Waals surface area contributed by atoms with Crippen LogP contribution in [-0.2, 0) is 35.6 Å². The molecular formula is C52H40Cl2N4O5. The summed E-state index contributed by atoms with van der Waals surface area (Å²) in [5.74, 6) is 0.222. The molecule has 0 radical (unpaired) electrons. The van der Waals surface area contributed by atoms with Gasteiger partial charge in [-0.2, -0.15) is 5.26 Å². The summed E-state index contributed by atoms with van der Waals surface area (Å²) in [5.41, 5.74) is 7.84. The van der Waals surface area contributed by atoms with Gasteiger partial charge in [0.05, 0.1) is 27.4 Å². The number of carbonyl (C=O) groups is 3. The number of anilines is 1. The summed E-state index contributed by atoms with van der Waals surface area (Å²) in [6.07, 6.45) is -0.109. The first-order chi connectivity index (χ1) is 30.6. The van der Waals surface area contributed by atoms with Crippen LogP contribution in [0.2, 0.25) is 10.0 Å². The Morgan fingerprint density at radius 1 is 0.825 bits per heavy atom. The van der Waals surface area contributed by atoms with Gasteiger partial charge in [-0.25, -0.2) is 0 Å². The number of nitriles is 1. The number of ether oxygens (including phenoxy) is 2. The molecule has 9 nitrogen and oxygen atoms in total. The fraction of sp³-hybridized carbons (Fsp3) is 0.154. The molecule has 2 heterocycles. The Morgan fingerprint density at radius 2 is 1.54 bits per heavy atom. The molecule has 312 valence electrons.